The highest BCUT2D eigenvalue weighted by Crippen LogP contribution is 2.39. The van der Waals surface area contributed by atoms with E-state index in [0.29, 0.717) is 17.9 Å². The van der Waals surface area contributed by atoms with Gasteiger partial charge in [-0.05, 0) is 34.3 Å². The van der Waals surface area contributed by atoms with E-state index in [2.05, 4.69) is 41.4 Å². The van der Waals surface area contributed by atoms with Gasteiger partial charge in [0.05, 0.1) is 27.7 Å². The third kappa shape index (κ3) is 4.40. The second kappa shape index (κ2) is 8.74. The SMILES string of the molecule is O=C(O)NC1CCCN(c2c(Br)cnc3[nH]cc(NC(=O)Cc4ccccc4)c23)C1. The first-order valence-electron chi connectivity index (χ1n) is 9.75. The Morgan fingerprint density at radius 1 is 1.30 bits per heavy atom. The van der Waals surface area contributed by atoms with Crippen LogP contribution >= 0.6 is 15.9 Å². The van der Waals surface area contributed by atoms with E-state index < -0.39 is 6.09 Å². The number of carboxylic acid groups (broad SMARTS) is 1. The number of rotatable bonds is 5. The number of carbonyl (C=O) groups is 2. The third-order valence-electron chi connectivity index (χ3n) is 5.18. The molecule has 1 unspecified atom stereocenters. The van der Waals surface area contributed by atoms with Crippen LogP contribution in [0.15, 0.2) is 47.2 Å². The lowest BCUT2D eigenvalue weighted by molar-refractivity contribution is -0.115. The molecule has 0 spiro atoms. The van der Waals surface area contributed by atoms with Gasteiger partial charge in [-0.15, -0.1) is 0 Å². The Bertz CT molecular complexity index is 1070. The number of benzene rings is 1. The number of pyridine rings is 1. The molecule has 9 heteroatoms. The number of aromatic amines is 1. The lowest BCUT2D eigenvalue weighted by atomic mass is 10.0. The summed E-state index contributed by atoms with van der Waals surface area (Å²) in [5.41, 5.74) is 3.15. The minimum Gasteiger partial charge on any atom is -0.465 e. The fraction of sp³-hybridized carbons (Fsp3) is 0.286. The maximum atomic E-state index is 12.6. The summed E-state index contributed by atoms with van der Waals surface area (Å²) in [4.78, 5) is 33.4. The number of nitrogens with one attached hydrogen (secondary N) is 3. The first-order chi connectivity index (χ1) is 14.5. The topological polar surface area (TPSA) is 110 Å². The third-order valence-corrected chi connectivity index (χ3v) is 5.76. The number of fused-ring (bicyclic) bond motifs is 1. The molecular weight excluding hydrogens is 450 g/mol. The smallest absolute Gasteiger partial charge is 0.404 e. The first-order valence-corrected chi connectivity index (χ1v) is 10.5. The van der Waals surface area contributed by atoms with Crippen molar-refractivity contribution in [3.63, 3.8) is 0 Å². The van der Waals surface area contributed by atoms with Crippen LogP contribution in [0.1, 0.15) is 18.4 Å². The standard InChI is InChI=1S/C21H22BrN5O3/c22-15-10-23-20-18(19(15)27-8-4-7-14(12-27)25-21(29)30)16(11-24-20)26-17(28)9-13-5-2-1-3-6-13/h1-3,5-6,10-11,14,25H,4,7-9,12H2,(H,23,24)(H,26,28)(H,29,30). The number of hydrogen-bond acceptors (Lipinski definition) is 4. The summed E-state index contributed by atoms with van der Waals surface area (Å²) < 4.78 is 0.795. The average molecular weight is 472 g/mol. The van der Waals surface area contributed by atoms with Crippen molar-refractivity contribution in [3.05, 3.63) is 52.8 Å². The number of aromatic nitrogens is 2. The summed E-state index contributed by atoms with van der Waals surface area (Å²) >= 11 is 3.60. The van der Waals surface area contributed by atoms with Gasteiger partial charge in [-0.3, -0.25) is 4.79 Å². The van der Waals surface area contributed by atoms with Crippen molar-refractivity contribution in [2.45, 2.75) is 25.3 Å². The van der Waals surface area contributed by atoms with Crippen molar-refractivity contribution in [2.75, 3.05) is 23.3 Å². The Balaban J connectivity index is 1.62. The zero-order valence-electron chi connectivity index (χ0n) is 16.2. The Hall–Kier alpha value is -3.07. The Kier molecular flexibility index (Phi) is 5.89. The second-order valence-corrected chi connectivity index (χ2v) is 8.18. The molecule has 1 aromatic carbocycles. The van der Waals surface area contributed by atoms with E-state index in [4.69, 9.17) is 5.11 Å². The van der Waals surface area contributed by atoms with Gasteiger partial charge in [-0.1, -0.05) is 30.3 Å². The number of carbonyl (C=O) groups excluding carboxylic acids is 1. The lowest BCUT2D eigenvalue weighted by Gasteiger charge is -2.35. The molecule has 2 aromatic heterocycles. The molecule has 4 N–H and O–H groups in total. The highest BCUT2D eigenvalue weighted by Gasteiger charge is 2.26. The van der Waals surface area contributed by atoms with Gasteiger partial charge in [0.25, 0.3) is 0 Å². The van der Waals surface area contributed by atoms with Crippen LogP contribution in [0.25, 0.3) is 11.0 Å². The van der Waals surface area contributed by atoms with Gasteiger partial charge in [0.1, 0.15) is 5.65 Å². The molecule has 1 fully saturated rings. The molecule has 156 valence electrons. The second-order valence-electron chi connectivity index (χ2n) is 7.33. The number of halogens is 1. The lowest BCUT2D eigenvalue weighted by Crippen LogP contribution is -2.47. The molecule has 1 aliphatic rings. The van der Waals surface area contributed by atoms with Crippen LogP contribution in [0, 0.1) is 0 Å². The molecule has 3 aromatic rings. The maximum absolute atomic E-state index is 12.6. The van der Waals surface area contributed by atoms with E-state index in [-0.39, 0.29) is 18.4 Å². The zero-order chi connectivity index (χ0) is 21.1. The molecule has 1 atom stereocenters. The molecule has 3 heterocycles. The minimum absolute atomic E-state index is 0.114. The van der Waals surface area contributed by atoms with Crippen LogP contribution in [-0.2, 0) is 11.2 Å². The van der Waals surface area contributed by atoms with Crippen LogP contribution in [0.4, 0.5) is 16.2 Å². The number of H-pyrrole nitrogens is 1. The monoisotopic (exact) mass is 471 g/mol. The van der Waals surface area contributed by atoms with Gasteiger partial charge in [0, 0.05) is 31.5 Å². The molecule has 8 nitrogen and oxygen atoms in total. The van der Waals surface area contributed by atoms with E-state index in [0.717, 1.165) is 40.5 Å². The number of anilines is 2. The van der Waals surface area contributed by atoms with Crippen LogP contribution in [-0.4, -0.2) is 46.2 Å². The van der Waals surface area contributed by atoms with Gasteiger partial charge in [-0.25, -0.2) is 9.78 Å². The number of piperidine rings is 1. The average Bonchev–Trinajstić information content (AvgIpc) is 3.11. The molecule has 2 amide bonds. The van der Waals surface area contributed by atoms with Crippen LogP contribution in [0.2, 0.25) is 0 Å². The summed E-state index contributed by atoms with van der Waals surface area (Å²) in [5, 5.41) is 15.5. The summed E-state index contributed by atoms with van der Waals surface area (Å²) in [5.74, 6) is -0.114. The van der Waals surface area contributed by atoms with Crippen molar-refractivity contribution in [1.82, 2.24) is 15.3 Å². The van der Waals surface area contributed by atoms with Crippen molar-refractivity contribution in [1.29, 1.82) is 0 Å². The summed E-state index contributed by atoms with van der Waals surface area (Å²) in [7, 11) is 0. The van der Waals surface area contributed by atoms with Gasteiger partial charge in [0.2, 0.25) is 5.91 Å². The molecule has 1 saturated heterocycles. The highest BCUT2D eigenvalue weighted by molar-refractivity contribution is 9.10. The largest absolute Gasteiger partial charge is 0.465 e. The fourth-order valence-electron chi connectivity index (χ4n) is 3.91. The Morgan fingerprint density at radius 2 is 2.10 bits per heavy atom. The zero-order valence-corrected chi connectivity index (χ0v) is 17.8. The predicted octanol–water partition coefficient (Wildman–Crippen LogP) is 3.74. The van der Waals surface area contributed by atoms with Gasteiger partial charge >= 0.3 is 6.09 Å². The molecule has 0 radical (unpaired) electrons. The van der Waals surface area contributed by atoms with Gasteiger partial charge < -0.3 is 25.6 Å². The van der Waals surface area contributed by atoms with Crippen molar-refractivity contribution in [2.24, 2.45) is 0 Å². The van der Waals surface area contributed by atoms with E-state index in [9.17, 15) is 9.59 Å². The van der Waals surface area contributed by atoms with Crippen molar-refractivity contribution in [3.8, 4) is 0 Å². The van der Waals surface area contributed by atoms with Crippen LogP contribution in [0.5, 0.6) is 0 Å². The highest BCUT2D eigenvalue weighted by atomic mass is 79.9. The summed E-state index contributed by atoms with van der Waals surface area (Å²) in [6.45, 7) is 1.34. The van der Waals surface area contributed by atoms with E-state index in [1.54, 1.807) is 12.4 Å². The van der Waals surface area contributed by atoms with E-state index in [1.807, 2.05) is 30.3 Å². The number of amides is 2. The van der Waals surface area contributed by atoms with E-state index >= 15 is 0 Å². The van der Waals surface area contributed by atoms with Crippen LogP contribution < -0.4 is 15.5 Å². The molecule has 1 aliphatic heterocycles. The Labute approximate surface area is 181 Å². The molecular formula is C21H22BrN5O3. The van der Waals surface area contributed by atoms with Crippen LogP contribution in [0.3, 0.4) is 0 Å². The Morgan fingerprint density at radius 3 is 2.87 bits per heavy atom. The van der Waals surface area contributed by atoms with Crippen molar-refractivity contribution < 1.29 is 14.7 Å². The number of hydrogen-bond donors (Lipinski definition) is 4. The molecule has 30 heavy (non-hydrogen) atoms. The predicted molar refractivity (Wildman–Crippen MR) is 119 cm³/mol. The van der Waals surface area contributed by atoms with Crippen molar-refractivity contribution >= 4 is 50.3 Å². The summed E-state index contributed by atoms with van der Waals surface area (Å²) in [6, 6.07) is 9.42. The molecule has 4 rings (SSSR count). The number of nitrogens with zero attached hydrogens (tertiary/aromatic N) is 2. The van der Waals surface area contributed by atoms with Gasteiger partial charge in [0.15, 0.2) is 0 Å². The minimum atomic E-state index is -1.02. The maximum Gasteiger partial charge on any atom is 0.404 e. The van der Waals surface area contributed by atoms with E-state index in [1.165, 1.54) is 0 Å². The molecule has 0 saturated carbocycles. The van der Waals surface area contributed by atoms with Gasteiger partial charge in [-0.2, -0.15) is 0 Å². The summed E-state index contributed by atoms with van der Waals surface area (Å²) in [6.07, 6.45) is 4.38. The normalized spacial score (nSPS) is 16.4. The molecule has 0 bridgehead atoms. The quantitative estimate of drug-likeness (QED) is 0.452. The fourth-order valence-corrected chi connectivity index (χ4v) is 4.46. The molecule has 0 aliphatic carbocycles. The first kappa shape index (κ1) is 20.2.